The molecule has 4 rings (SSSR count). The van der Waals surface area contributed by atoms with E-state index in [1.54, 1.807) is 24.4 Å². The topological polar surface area (TPSA) is 154 Å². The second-order valence-corrected chi connectivity index (χ2v) is 13.1. The summed E-state index contributed by atoms with van der Waals surface area (Å²) in [7, 11) is 0. The molecular formula is C35H50N6O4. The van der Waals surface area contributed by atoms with E-state index >= 15 is 0 Å². The summed E-state index contributed by atoms with van der Waals surface area (Å²) in [6.07, 6.45) is 7.47. The number of pyridine rings is 1. The van der Waals surface area contributed by atoms with Crippen molar-refractivity contribution in [3.8, 4) is 0 Å². The van der Waals surface area contributed by atoms with Crippen LogP contribution < -0.4 is 11.1 Å². The number of benzene rings is 1. The Hall–Kier alpha value is -3.63. The molecule has 1 aliphatic carbocycles. The zero-order valence-electron chi connectivity index (χ0n) is 27.1. The van der Waals surface area contributed by atoms with Gasteiger partial charge in [0.05, 0.1) is 35.8 Å². The summed E-state index contributed by atoms with van der Waals surface area (Å²) in [5.74, 6) is -1.39. The highest BCUT2D eigenvalue weighted by atomic mass is 16.3. The summed E-state index contributed by atoms with van der Waals surface area (Å²) in [5, 5.41) is 14.7. The molecule has 244 valence electrons. The number of fused-ring (bicyclic) bond motifs is 1. The number of amides is 3. The molecule has 0 saturated heterocycles. The summed E-state index contributed by atoms with van der Waals surface area (Å²) in [4.78, 5) is 54.6. The SMILES string of the molecule is CCC(C)[C@H](N)C(=O)N(Cc1nc2ccccc2[nH]1)C(=O)[C@@H](C[C@H](O)[C@H](CC1CCCCC1)NC(=O)c1ccccn1)C(C)C. The second-order valence-electron chi connectivity index (χ2n) is 13.1. The molecule has 0 bridgehead atoms. The van der Waals surface area contributed by atoms with Gasteiger partial charge >= 0.3 is 0 Å². The van der Waals surface area contributed by atoms with Crippen molar-refractivity contribution in [2.45, 2.75) is 104 Å². The number of hydrogen-bond acceptors (Lipinski definition) is 7. The quantitative estimate of drug-likeness (QED) is 0.199. The maximum atomic E-state index is 14.4. The molecule has 1 fully saturated rings. The number of aliphatic hydroxyl groups excluding tert-OH is 1. The minimum absolute atomic E-state index is 0.0578. The van der Waals surface area contributed by atoms with E-state index in [1.165, 1.54) is 11.3 Å². The van der Waals surface area contributed by atoms with Crippen LogP contribution in [0, 0.1) is 23.7 Å². The van der Waals surface area contributed by atoms with Crippen LogP contribution in [0.3, 0.4) is 0 Å². The van der Waals surface area contributed by atoms with Crippen LogP contribution in [-0.4, -0.2) is 60.9 Å². The molecule has 0 radical (unpaired) electrons. The normalized spacial score (nSPS) is 17.4. The fourth-order valence-corrected chi connectivity index (χ4v) is 6.29. The number of nitrogens with two attached hydrogens (primary N) is 1. The molecule has 5 N–H and O–H groups in total. The van der Waals surface area contributed by atoms with Crippen LogP contribution in [0.25, 0.3) is 11.0 Å². The average Bonchev–Trinajstić information content (AvgIpc) is 3.47. The summed E-state index contributed by atoms with van der Waals surface area (Å²) in [6.45, 7) is 7.63. The van der Waals surface area contributed by atoms with Gasteiger partial charge in [0.25, 0.3) is 5.91 Å². The molecule has 2 heterocycles. The molecule has 1 unspecified atom stereocenters. The van der Waals surface area contributed by atoms with Crippen molar-refractivity contribution in [2.75, 3.05) is 0 Å². The third kappa shape index (κ3) is 8.98. The Kier molecular flexibility index (Phi) is 12.2. The van der Waals surface area contributed by atoms with E-state index in [1.807, 2.05) is 52.0 Å². The van der Waals surface area contributed by atoms with Crippen molar-refractivity contribution in [1.29, 1.82) is 0 Å². The molecular weight excluding hydrogens is 568 g/mol. The molecule has 0 spiro atoms. The zero-order valence-corrected chi connectivity index (χ0v) is 27.1. The Labute approximate surface area is 266 Å². The van der Waals surface area contributed by atoms with Crippen molar-refractivity contribution in [3.05, 3.63) is 60.2 Å². The fourth-order valence-electron chi connectivity index (χ4n) is 6.29. The summed E-state index contributed by atoms with van der Waals surface area (Å²) in [5.41, 5.74) is 8.22. The smallest absolute Gasteiger partial charge is 0.270 e. The molecule has 2 aromatic heterocycles. The van der Waals surface area contributed by atoms with E-state index in [2.05, 4.69) is 20.3 Å². The summed E-state index contributed by atoms with van der Waals surface area (Å²) < 4.78 is 0. The van der Waals surface area contributed by atoms with E-state index in [9.17, 15) is 19.5 Å². The Morgan fingerprint density at radius 2 is 1.76 bits per heavy atom. The second kappa shape index (κ2) is 16.1. The highest BCUT2D eigenvalue weighted by molar-refractivity contribution is 5.99. The average molecular weight is 619 g/mol. The van der Waals surface area contributed by atoms with Gasteiger partial charge in [0.15, 0.2) is 0 Å². The number of imidazole rings is 1. The Morgan fingerprint density at radius 1 is 1.04 bits per heavy atom. The van der Waals surface area contributed by atoms with Gasteiger partial charge in [-0.3, -0.25) is 24.3 Å². The van der Waals surface area contributed by atoms with E-state index in [4.69, 9.17) is 5.73 Å². The van der Waals surface area contributed by atoms with Crippen LogP contribution in [0.4, 0.5) is 0 Å². The largest absolute Gasteiger partial charge is 0.391 e. The lowest BCUT2D eigenvalue weighted by atomic mass is 9.81. The molecule has 1 aliphatic rings. The zero-order chi connectivity index (χ0) is 32.5. The first kappa shape index (κ1) is 34.2. The van der Waals surface area contributed by atoms with Crippen molar-refractivity contribution < 1.29 is 19.5 Å². The molecule has 10 heteroatoms. The van der Waals surface area contributed by atoms with Crippen molar-refractivity contribution in [1.82, 2.24) is 25.2 Å². The van der Waals surface area contributed by atoms with Crippen molar-refractivity contribution in [2.24, 2.45) is 29.4 Å². The Balaban J connectivity index is 1.59. The first-order valence-corrected chi connectivity index (χ1v) is 16.5. The lowest BCUT2D eigenvalue weighted by molar-refractivity contribution is -0.151. The van der Waals surface area contributed by atoms with Crippen molar-refractivity contribution >= 4 is 28.8 Å². The van der Waals surface area contributed by atoms with Gasteiger partial charge in [0, 0.05) is 12.1 Å². The number of hydrogen-bond donors (Lipinski definition) is 4. The van der Waals surface area contributed by atoms with Crippen LogP contribution in [0.15, 0.2) is 48.7 Å². The molecule has 3 aromatic rings. The van der Waals surface area contributed by atoms with Gasteiger partial charge in [0.2, 0.25) is 11.8 Å². The number of imide groups is 1. The highest BCUT2D eigenvalue weighted by Crippen LogP contribution is 2.30. The molecule has 3 amide bonds. The number of aromatic nitrogens is 3. The molecule has 1 aromatic carbocycles. The van der Waals surface area contributed by atoms with Crippen LogP contribution in [0.1, 0.15) is 95.4 Å². The predicted molar refractivity (Wildman–Crippen MR) is 175 cm³/mol. The van der Waals surface area contributed by atoms with Gasteiger partial charge in [-0.2, -0.15) is 0 Å². The maximum absolute atomic E-state index is 14.4. The van der Waals surface area contributed by atoms with Crippen molar-refractivity contribution in [3.63, 3.8) is 0 Å². The summed E-state index contributed by atoms with van der Waals surface area (Å²) in [6, 6.07) is 11.2. The van der Waals surface area contributed by atoms with E-state index < -0.39 is 35.9 Å². The number of nitrogens with zero attached hydrogens (tertiary/aromatic N) is 3. The number of carbonyl (C=O) groups excluding carboxylic acids is 3. The molecule has 45 heavy (non-hydrogen) atoms. The van der Waals surface area contributed by atoms with Gasteiger partial charge in [-0.1, -0.05) is 84.4 Å². The van der Waals surface area contributed by atoms with Crippen LogP contribution in [0.5, 0.6) is 0 Å². The van der Waals surface area contributed by atoms with Crippen LogP contribution in [0.2, 0.25) is 0 Å². The van der Waals surface area contributed by atoms with Gasteiger partial charge in [-0.25, -0.2) is 4.98 Å². The third-order valence-electron chi connectivity index (χ3n) is 9.43. The lowest BCUT2D eigenvalue weighted by Crippen LogP contribution is -2.52. The number of H-pyrrole nitrogens is 1. The van der Waals surface area contributed by atoms with Gasteiger partial charge < -0.3 is 21.1 Å². The number of carbonyl (C=O) groups is 3. The third-order valence-corrected chi connectivity index (χ3v) is 9.43. The van der Waals surface area contributed by atoms with E-state index in [0.29, 0.717) is 24.6 Å². The van der Waals surface area contributed by atoms with Gasteiger partial charge in [-0.15, -0.1) is 0 Å². The monoisotopic (exact) mass is 618 g/mol. The first-order valence-electron chi connectivity index (χ1n) is 16.5. The lowest BCUT2D eigenvalue weighted by Gasteiger charge is -2.34. The minimum Gasteiger partial charge on any atom is -0.391 e. The van der Waals surface area contributed by atoms with Gasteiger partial charge in [-0.05, 0) is 54.9 Å². The fraction of sp³-hybridized carbons (Fsp3) is 0.571. The number of rotatable bonds is 14. The summed E-state index contributed by atoms with van der Waals surface area (Å²) >= 11 is 0. The number of aromatic amines is 1. The Morgan fingerprint density at radius 3 is 2.40 bits per heavy atom. The Bertz CT molecular complexity index is 1370. The number of nitrogens with one attached hydrogen (secondary N) is 2. The molecule has 1 saturated carbocycles. The van der Waals surface area contributed by atoms with Crippen LogP contribution in [-0.2, 0) is 16.1 Å². The molecule has 10 nitrogen and oxygen atoms in total. The van der Waals surface area contributed by atoms with E-state index in [0.717, 1.165) is 36.7 Å². The first-order chi connectivity index (χ1) is 21.6. The molecule has 5 atom stereocenters. The predicted octanol–water partition coefficient (Wildman–Crippen LogP) is 4.98. The van der Waals surface area contributed by atoms with E-state index in [-0.39, 0.29) is 36.4 Å². The standard InChI is InChI=1S/C35H50N6O4/c1-5-23(4)32(36)35(45)41(21-31-38-26-15-9-10-16-27(26)39-31)34(44)25(22(2)3)20-30(42)29(19-24-13-7-6-8-14-24)40-33(43)28-17-11-12-18-37-28/h9-12,15-18,22-25,29-30,32,42H,5-8,13-14,19-21,36H2,1-4H3,(H,38,39)(H,40,43)/t23?,25-,29-,30-,32-/m0/s1. The van der Waals surface area contributed by atoms with Crippen LogP contribution >= 0.6 is 0 Å². The number of para-hydroxylation sites is 2. The van der Waals surface area contributed by atoms with Gasteiger partial charge in [0.1, 0.15) is 11.5 Å². The minimum atomic E-state index is -1.01. The maximum Gasteiger partial charge on any atom is 0.270 e. The number of aliphatic hydroxyl groups is 1. The highest BCUT2D eigenvalue weighted by Gasteiger charge is 2.38. The molecule has 0 aliphatic heterocycles.